The molecular weight excluding hydrogens is 150 g/mol. The van der Waals surface area contributed by atoms with Crippen LogP contribution in [0, 0.1) is 5.41 Å². The van der Waals surface area contributed by atoms with Crippen molar-refractivity contribution >= 4 is 5.91 Å². The van der Waals surface area contributed by atoms with E-state index in [9.17, 15) is 4.79 Å². The van der Waals surface area contributed by atoms with Crippen LogP contribution >= 0.6 is 0 Å². The Morgan fingerprint density at radius 1 is 1.58 bits per heavy atom. The fourth-order valence-corrected chi connectivity index (χ4v) is 2.15. The minimum Gasteiger partial charge on any atom is -0.345 e. The van der Waals surface area contributed by atoms with Crippen LogP contribution in [0.2, 0.25) is 0 Å². The summed E-state index contributed by atoms with van der Waals surface area (Å²) < 4.78 is 0. The Morgan fingerprint density at radius 3 is 2.75 bits per heavy atom. The SMILES string of the molecule is CCCC1(C)CCC(=O)N(C)C1. The first-order valence-electron chi connectivity index (χ1n) is 4.81. The molecule has 1 fully saturated rings. The van der Waals surface area contributed by atoms with Gasteiger partial charge < -0.3 is 4.90 Å². The lowest BCUT2D eigenvalue weighted by atomic mass is 9.78. The quantitative estimate of drug-likeness (QED) is 0.619. The Kier molecular flexibility index (Phi) is 2.76. The van der Waals surface area contributed by atoms with Gasteiger partial charge in [0.1, 0.15) is 0 Å². The lowest BCUT2D eigenvalue weighted by Gasteiger charge is -2.38. The molecule has 0 spiro atoms. The van der Waals surface area contributed by atoms with Crippen LogP contribution in [0.3, 0.4) is 0 Å². The Labute approximate surface area is 74.9 Å². The van der Waals surface area contributed by atoms with Gasteiger partial charge in [-0.3, -0.25) is 4.79 Å². The molecule has 0 aliphatic carbocycles. The fourth-order valence-electron chi connectivity index (χ4n) is 2.15. The Bertz CT molecular complexity index is 179. The normalized spacial score (nSPS) is 30.9. The summed E-state index contributed by atoms with van der Waals surface area (Å²) >= 11 is 0. The van der Waals surface area contributed by atoms with Crippen LogP contribution in [-0.2, 0) is 4.79 Å². The molecule has 0 bridgehead atoms. The van der Waals surface area contributed by atoms with Gasteiger partial charge in [0.25, 0.3) is 0 Å². The topological polar surface area (TPSA) is 20.3 Å². The van der Waals surface area contributed by atoms with Crippen LogP contribution in [0.1, 0.15) is 39.5 Å². The number of carbonyl (C=O) groups is 1. The van der Waals surface area contributed by atoms with E-state index in [0.29, 0.717) is 11.3 Å². The van der Waals surface area contributed by atoms with Crippen LogP contribution < -0.4 is 0 Å². The second-order valence-corrected chi connectivity index (χ2v) is 4.31. The van der Waals surface area contributed by atoms with Crippen molar-refractivity contribution in [3.05, 3.63) is 0 Å². The average Bonchev–Trinajstić information content (AvgIpc) is 1.98. The van der Waals surface area contributed by atoms with Crippen molar-refractivity contribution < 1.29 is 4.79 Å². The molecular formula is C10H19NO. The zero-order valence-corrected chi connectivity index (χ0v) is 8.39. The molecule has 70 valence electrons. The summed E-state index contributed by atoms with van der Waals surface area (Å²) in [4.78, 5) is 13.1. The van der Waals surface area contributed by atoms with Gasteiger partial charge in [0.2, 0.25) is 5.91 Å². The van der Waals surface area contributed by atoms with Crippen LogP contribution in [0.5, 0.6) is 0 Å². The maximum Gasteiger partial charge on any atom is 0.222 e. The minimum atomic E-state index is 0.309. The summed E-state index contributed by atoms with van der Waals surface area (Å²) in [5.41, 5.74) is 0.386. The summed E-state index contributed by atoms with van der Waals surface area (Å²) in [6.45, 7) is 5.45. The minimum absolute atomic E-state index is 0.309. The lowest BCUT2D eigenvalue weighted by Crippen LogP contribution is -2.42. The standard InChI is InChI=1S/C10H19NO/c1-4-6-10(2)7-5-9(12)11(3)8-10/h4-8H2,1-3H3. The molecule has 2 nitrogen and oxygen atoms in total. The zero-order valence-electron chi connectivity index (χ0n) is 8.39. The summed E-state index contributed by atoms with van der Waals surface area (Å²) in [6.07, 6.45) is 4.28. The van der Waals surface area contributed by atoms with E-state index >= 15 is 0 Å². The summed E-state index contributed by atoms with van der Waals surface area (Å²) in [5, 5.41) is 0. The Morgan fingerprint density at radius 2 is 2.25 bits per heavy atom. The second-order valence-electron chi connectivity index (χ2n) is 4.31. The van der Waals surface area contributed by atoms with Crippen molar-refractivity contribution in [2.24, 2.45) is 5.41 Å². The molecule has 0 saturated carbocycles. The third-order valence-corrected chi connectivity index (χ3v) is 2.84. The predicted molar refractivity (Wildman–Crippen MR) is 49.9 cm³/mol. The second kappa shape index (κ2) is 3.46. The number of nitrogens with zero attached hydrogens (tertiary/aromatic N) is 1. The van der Waals surface area contributed by atoms with Gasteiger partial charge in [0.05, 0.1) is 0 Å². The van der Waals surface area contributed by atoms with Crippen molar-refractivity contribution in [3.63, 3.8) is 0 Å². The fraction of sp³-hybridized carbons (Fsp3) is 0.900. The molecule has 1 saturated heterocycles. The Balaban J connectivity index is 2.54. The highest BCUT2D eigenvalue weighted by Crippen LogP contribution is 2.33. The van der Waals surface area contributed by atoms with Gasteiger partial charge in [0, 0.05) is 20.0 Å². The largest absolute Gasteiger partial charge is 0.345 e. The van der Waals surface area contributed by atoms with Gasteiger partial charge in [-0.1, -0.05) is 20.3 Å². The monoisotopic (exact) mass is 169 g/mol. The van der Waals surface area contributed by atoms with Crippen LogP contribution in [0.25, 0.3) is 0 Å². The highest BCUT2D eigenvalue weighted by molar-refractivity contribution is 5.76. The number of amides is 1. The predicted octanol–water partition coefficient (Wildman–Crippen LogP) is 2.04. The van der Waals surface area contributed by atoms with E-state index < -0.39 is 0 Å². The smallest absolute Gasteiger partial charge is 0.222 e. The number of rotatable bonds is 2. The number of hydrogen-bond acceptors (Lipinski definition) is 1. The van der Waals surface area contributed by atoms with Gasteiger partial charge in [-0.2, -0.15) is 0 Å². The first-order valence-corrected chi connectivity index (χ1v) is 4.81. The maximum absolute atomic E-state index is 11.2. The van der Waals surface area contributed by atoms with E-state index in [1.165, 1.54) is 12.8 Å². The molecule has 1 rings (SSSR count). The molecule has 1 aliphatic heterocycles. The molecule has 1 amide bonds. The van der Waals surface area contributed by atoms with Gasteiger partial charge in [-0.25, -0.2) is 0 Å². The third-order valence-electron chi connectivity index (χ3n) is 2.84. The first kappa shape index (κ1) is 9.56. The van der Waals surface area contributed by atoms with Crippen molar-refractivity contribution in [2.45, 2.75) is 39.5 Å². The first-order chi connectivity index (χ1) is 5.57. The van der Waals surface area contributed by atoms with E-state index in [1.54, 1.807) is 0 Å². The van der Waals surface area contributed by atoms with Crippen molar-refractivity contribution in [1.29, 1.82) is 0 Å². The summed E-state index contributed by atoms with van der Waals surface area (Å²) in [7, 11) is 1.91. The zero-order chi connectivity index (χ0) is 9.19. The van der Waals surface area contributed by atoms with E-state index in [4.69, 9.17) is 0 Å². The lowest BCUT2D eigenvalue weighted by molar-refractivity contribution is -0.135. The molecule has 0 aromatic carbocycles. The summed E-state index contributed by atoms with van der Waals surface area (Å²) in [5.74, 6) is 0.309. The van der Waals surface area contributed by atoms with Gasteiger partial charge in [0.15, 0.2) is 0 Å². The molecule has 0 aromatic heterocycles. The van der Waals surface area contributed by atoms with Crippen molar-refractivity contribution in [1.82, 2.24) is 4.90 Å². The molecule has 1 aliphatic rings. The highest BCUT2D eigenvalue weighted by Gasteiger charge is 2.31. The molecule has 12 heavy (non-hydrogen) atoms. The van der Waals surface area contributed by atoms with Crippen LogP contribution in [-0.4, -0.2) is 24.4 Å². The van der Waals surface area contributed by atoms with Gasteiger partial charge in [-0.05, 0) is 18.3 Å². The van der Waals surface area contributed by atoms with Crippen LogP contribution in [0.15, 0.2) is 0 Å². The molecule has 1 heterocycles. The van der Waals surface area contributed by atoms with Crippen molar-refractivity contribution in [2.75, 3.05) is 13.6 Å². The number of carbonyl (C=O) groups excluding carboxylic acids is 1. The van der Waals surface area contributed by atoms with E-state index in [1.807, 2.05) is 11.9 Å². The van der Waals surface area contributed by atoms with Crippen molar-refractivity contribution in [3.8, 4) is 0 Å². The molecule has 2 heteroatoms. The van der Waals surface area contributed by atoms with E-state index in [-0.39, 0.29) is 0 Å². The Hall–Kier alpha value is -0.530. The molecule has 0 radical (unpaired) electrons. The molecule has 1 atom stereocenters. The third kappa shape index (κ3) is 1.99. The summed E-state index contributed by atoms with van der Waals surface area (Å²) in [6, 6.07) is 0. The number of piperidine rings is 1. The molecule has 0 aromatic rings. The number of hydrogen-bond donors (Lipinski definition) is 0. The molecule has 1 unspecified atom stereocenters. The van der Waals surface area contributed by atoms with E-state index in [2.05, 4.69) is 13.8 Å². The van der Waals surface area contributed by atoms with Gasteiger partial charge >= 0.3 is 0 Å². The molecule has 0 N–H and O–H groups in total. The van der Waals surface area contributed by atoms with Crippen LogP contribution in [0.4, 0.5) is 0 Å². The van der Waals surface area contributed by atoms with Gasteiger partial charge in [-0.15, -0.1) is 0 Å². The number of likely N-dealkylation sites (tertiary alicyclic amines) is 1. The highest BCUT2D eigenvalue weighted by atomic mass is 16.2. The maximum atomic E-state index is 11.2. The average molecular weight is 169 g/mol. The van der Waals surface area contributed by atoms with E-state index in [0.717, 1.165) is 19.4 Å².